The number of hydrogen-bond donors (Lipinski definition) is 2. The maximum Gasteiger partial charge on any atom is 0.115 e. The fraction of sp³-hybridized carbons (Fsp3) is 0.333. The molecule has 2 aromatic rings. The van der Waals surface area contributed by atoms with Gasteiger partial charge in [-0.1, -0.05) is 46.3 Å². The average Bonchev–Trinajstić information content (AvgIpc) is 3.28. The van der Waals surface area contributed by atoms with Crippen molar-refractivity contribution in [2.75, 3.05) is 6.54 Å². The molecule has 0 radical (unpaired) electrons. The molecule has 2 N–H and O–H groups in total. The number of nitrogens with one attached hydrogen (secondary N) is 1. The van der Waals surface area contributed by atoms with E-state index in [-0.39, 0.29) is 0 Å². The van der Waals surface area contributed by atoms with E-state index in [0.717, 1.165) is 17.4 Å². The molecule has 3 heteroatoms. The summed E-state index contributed by atoms with van der Waals surface area (Å²) in [4.78, 5) is 0. The SMILES string of the molecule is Oc1cccc(CC(CNC2CC2)c2ccccc2Br)c1. The Morgan fingerprint density at radius 3 is 2.67 bits per heavy atom. The molecule has 2 aromatic carbocycles. The van der Waals surface area contributed by atoms with Crippen LogP contribution in [-0.2, 0) is 6.42 Å². The Balaban J connectivity index is 1.79. The second-order valence-electron chi connectivity index (χ2n) is 5.77. The van der Waals surface area contributed by atoms with E-state index in [1.807, 2.05) is 18.2 Å². The molecule has 0 saturated heterocycles. The number of hydrogen-bond acceptors (Lipinski definition) is 2. The quantitative estimate of drug-likeness (QED) is 0.820. The van der Waals surface area contributed by atoms with Crippen LogP contribution in [0.5, 0.6) is 5.75 Å². The summed E-state index contributed by atoms with van der Waals surface area (Å²) < 4.78 is 1.16. The van der Waals surface area contributed by atoms with E-state index in [0.29, 0.717) is 17.7 Å². The van der Waals surface area contributed by atoms with Crippen molar-refractivity contribution >= 4 is 15.9 Å². The van der Waals surface area contributed by atoms with Crippen LogP contribution in [0.4, 0.5) is 0 Å². The van der Waals surface area contributed by atoms with E-state index in [9.17, 15) is 5.11 Å². The third-order valence-corrected chi connectivity index (χ3v) is 4.69. The topological polar surface area (TPSA) is 32.3 Å². The maximum atomic E-state index is 9.65. The first-order valence-corrected chi connectivity index (χ1v) is 8.27. The first-order chi connectivity index (χ1) is 10.2. The van der Waals surface area contributed by atoms with Gasteiger partial charge in [0, 0.05) is 23.0 Å². The monoisotopic (exact) mass is 345 g/mol. The smallest absolute Gasteiger partial charge is 0.115 e. The van der Waals surface area contributed by atoms with Gasteiger partial charge in [-0.05, 0) is 48.6 Å². The van der Waals surface area contributed by atoms with E-state index in [4.69, 9.17) is 0 Å². The zero-order chi connectivity index (χ0) is 14.7. The van der Waals surface area contributed by atoms with Gasteiger partial charge in [-0.15, -0.1) is 0 Å². The fourth-order valence-electron chi connectivity index (χ4n) is 2.66. The van der Waals surface area contributed by atoms with Crippen LogP contribution in [0.2, 0.25) is 0 Å². The number of halogens is 1. The summed E-state index contributed by atoms with van der Waals surface area (Å²) in [6, 6.07) is 16.7. The van der Waals surface area contributed by atoms with Gasteiger partial charge < -0.3 is 10.4 Å². The number of phenolic OH excluding ortho intramolecular Hbond substituents is 1. The Hall–Kier alpha value is -1.32. The van der Waals surface area contributed by atoms with Crippen LogP contribution >= 0.6 is 15.9 Å². The largest absolute Gasteiger partial charge is 0.508 e. The summed E-state index contributed by atoms with van der Waals surface area (Å²) in [5, 5.41) is 13.3. The summed E-state index contributed by atoms with van der Waals surface area (Å²) in [6.07, 6.45) is 3.53. The Labute approximate surface area is 134 Å². The molecule has 0 aliphatic heterocycles. The van der Waals surface area contributed by atoms with E-state index < -0.39 is 0 Å². The van der Waals surface area contributed by atoms with Crippen LogP contribution in [0, 0.1) is 0 Å². The van der Waals surface area contributed by atoms with Crippen LogP contribution in [0.25, 0.3) is 0 Å². The lowest BCUT2D eigenvalue weighted by Gasteiger charge is -2.20. The van der Waals surface area contributed by atoms with Gasteiger partial charge in [-0.2, -0.15) is 0 Å². The number of phenols is 1. The maximum absolute atomic E-state index is 9.65. The average molecular weight is 346 g/mol. The zero-order valence-electron chi connectivity index (χ0n) is 11.9. The Morgan fingerprint density at radius 1 is 1.14 bits per heavy atom. The molecule has 1 saturated carbocycles. The molecule has 1 unspecified atom stereocenters. The molecule has 0 bridgehead atoms. The minimum Gasteiger partial charge on any atom is -0.508 e. The Kier molecular flexibility index (Phi) is 4.61. The predicted octanol–water partition coefficient (Wildman–Crippen LogP) is 4.23. The molecule has 0 amide bonds. The third kappa shape index (κ3) is 4.08. The van der Waals surface area contributed by atoms with Gasteiger partial charge in [0.15, 0.2) is 0 Å². The lowest BCUT2D eigenvalue weighted by atomic mass is 9.91. The zero-order valence-corrected chi connectivity index (χ0v) is 13.5. The fourth-order valence-corrected chi connectivity index (χ4v) is 3.27. The number of rotatable bonds is 6. The Morgan fingerprint density at radius 2 is 1.95 bits per heavy atom. The molecule has 1 atom stereocenters. The molecule has 3 rings (SSSR count). The van der Waals surface area contributed by atoms with E-state index >= 15 is 0 Å². The highest BCUT2D eigenvalue weighted by molar-refractivity contribution is 9.10. The molecular formula is C18H20BrNO. The van der Waals surface area contributed by atoms with Gasteiger partial charge in [0.25, 0.3) is 0 Å². The van der Waals surface area contributed by atoms with Crippen molar-refractivity contribution in [3.63, 3.8) is 0 Å². The van der Waals surface area contributed by atoms with Crippen molar-refractivity contribution in [3.8, 4) is 5.75 Å². The van der Waals surface area contributed by atoms with Gasteiger partial charge in [0.2, 0.25) is 0 Å². The lowest BCUT2D eigenvalue weighted by Crippen LogP contribution is -2.25. The Bertz CT molecular complexity index is 610. The van der Waals surface area contributed by atoms with E-state index in [1.165, 1.54) is 24.0 Å². The molecule has 110 valence electrons. The molecule has 0 heterocycles. The molecule has 1 aliphatic rings. The molecule has 2 nitrogen and oxygen atoms in total. The van der Waals surface area contributed by atoms with Crippen LogP contribution in [0.1, 0.15) is 29.9 Å². The van der Waals surface area contributed by atoms with E-state index in [1.54, 1.807) is 6.07 Å². The second-order valence-corrected chi connectivity index (χ2v) is 6.63. The highest BCUT2D eigenvalue weighted by Gasteiger charge is 2.23. The molecule has 1 aliphatic carbocycles. The van der Waals surface area contributed by atoms with Gasteiger partial charge >= 0.3 is 0 Å². The minimum atomic E-state index is 0.341. The first kappa shape index (κ1) is 14.6. The highest BCUT2D eigenvalue weighted by Crippen LogP contribution is 2.29. The van der Waals surface area contributed by atoms with Gasteiger partial charge in [-0.25, -0.2) is 0 Å². The summed E-state index contributed by atoms with van der Waals surface area (Å²) in [6.45, 7) is 0.975. The van der Waals surface area contributed by atoms with Gasteiger partial charge in [0.05, 0.1) is 0 Å². The van der Waals surface area contributed by atoms with Crippen LogP contribution in [0.15, 0.2) is 53.0 Å². The number of benzene rings is 2. The second kappa shape index (κ2) is 6.63. The van der Waals surface area contributed by atoms with Crippen molar-refractivity contribution in [1.29, 1.82) is 0 Å². The first-order valence-electron chi connectivity index (χ1n) is 7.48. The molecule has 21 heavy (non-hydrogen) atoms. The normalized spacial score (nSPS) is 15.9. The molecular weight excluding hydrogens is 326 g/mol. The summed E-state index contributed by atoms with van der Waals surface area (Å²) >= 11 is 3.67. The van der Waals surface area contributed by atoms with Crippen molar-refractivity contribution in [3.05, 3.63) is 64.1 Å². The van der Waals surface area contributed by atoms with Crippen molar-refractivity contribution in [2.45, 2.75) is 31.2 Å². The van der Waals surface area contributed by atoms with E-state index in [2.05, 4.69) is 45.5 Å². The minimum absolute atomic E-state index is 0.341. The van der Waals surface area contributed by atoms with Crippen LogP contribution in [-0.4, -0.2) is 17.7 Å². The van der Waals surface area contributed by atoms with Crippen molar-refractivity contribution in [2.24, 2.45) is 0 Å². The molecule has 0 spiro atoms. The lowest BCUT2D eigenvalue weighted by molar-refractivity contribution is 0.474. The van der Waals surface area contributed by atoms with Gasteiger partial charge in [0.1, 0.15) is 5.75 Å². The summed E-state index contributed by atoms with van der Waals surface area (Å²) in [5.41, 5.74) is 2.50. The summed E-state index contributed by atoms with van der Waals surface area (Å²) in [7, 11) is 0. The molecule has 1 fully saturated rings. The summed E-state index contributed by atoms with van der Waals surface area (Å²) in [5.74, 6) is 0.747. The highest BCUT2D eigenvalue weighted by atomic mass is 79.9. The van der Waals surface area contributed by atoms with Crippen LogP contribution in [0.3, 0.4) is 0 Å². The van der Waals surface area contributed by atoms with Crippen molar-refractivity contribution < 1.29 is 5.11 Å². The third-order valence-electron chi connectivity index (χ3n) is 3.97. The molecule has 0 aromatic heterocycles. The van der Waals surface area contributed by atoms with Crippen molar-refractivity contribution in [1.82, 2.24) is 5.32 Å². The van der Waals surface area contributed by atoms with Gasteiger partial charge in [-0.3, -0.25) is 0 Å². The van der Waals surface area contributed by atoms with Crippen LogP contribution < -0.4 is 5.32 Å². The standard InChI is InChI=1S/C18H20BrNO/c19-18-7-2-1-6-17(18)14(12-20-15-8-9-15)10-13-4-3-5-16(21)11-13/h1-7,11,14-15,20-21H,8-10,12H2. The number of aromatic hydroxyl groups is 1. The predicted molar refractivity (Wildman–Crippen MR) is 89.7 cm³/mol.